The molecule has 0 aromatic heterocycles. The Bertz CT molecular complexity index is 883. The van der Waals surface area contributed by atoms with Crippen molar-refractivity contribution in [3.05, 3.63) is 0 Å². The van der Waals surface area contributed by atoms with Crippen LogP contribution in [-0.2, 0) is 29.2 Å². The van der Waals surface area contributed by atoms with Gasteiger partial charge in [0.1, 0.15) is 0 Å². The summed E-state index contributed by atoms with van der Waals surface area (Å²) in [5, 5.41) is 22.3. The summed E-state index contributed by atoms with van der Waals surface area (Å²) in [5.74, 6) is -1.77. The van der Waals surface area contributed by atoms with Gasteiger partial charge in [-0.15, -0.1) is 0 Å². The number of alkyl halides is 2. The van der Waals surface area contributed by atoms with Crippen LogP contribution in [0.3, 0.4) is 0 Å². The maximum Gasteiger partial charge on any atom is 0.402 e. The summed E-state index contributed by atoms with van der Waals surface area (Å²) in [6, 6.07) is 3.84. The normalized spacial score (nSPS) is 15.8. The van der Waals surface area contributed by atoms with Crippen molar-refractivity contribution in [3.63, 3.8) is 0 Å². The minimum absolute atomic E-state index is 0.0136. The van der Waals surface area contributed by atoms with Crippen LogP contribution >= 0.6 is 0 Å². The van der Waals surface area contributed by atoms with Crippen LogP contribution in [0.4, 0.5) is 8.78 Å². The van der Waals surface area contributed by atoms with Gasteiger partial charge in [0.15, 0.2) is 17.7 Å². The van der Waals surface area contributed by atoms with E-state index in [0.29, 0.717) is 0 Å². The number of ether oxygens (including phenoxy) is 2. The van der Waals surface area contributed by atoms with E-state index < -0.39 is 51.4 Å². The topological polar surface area (TPSA) is 179 Å². The highest BCUT2D eigenvalue weighted by Gasteiger charge is 2.45. The van der Waals surface area contributed by atoms with E-state index in [0.717, 1.165) is 0 Å². The van der Waals surface area contributed by atoms with E-state index in [9.17, 15) is 37.3 Å². The minimum atomic E-state index is -5.76. The molecule has 0 heterocycles. The lowest BCUT2D eigenvalue weighted by molar-refractivity contribution is -0.150. The molecular formula is C18H26F2N4O7S. The summed E-state index contributed by atoms with van der Waals surface area (Å²) < 4.78 is 64.7. The first kappa shape index (κ1) is 29.3. The van der Waals surface area contributed by atoms with Crippen molar-refractivity contribution < 1.29 is 40.8 Å². The second kappa shape index (κ2) is 12.4. The van der Waals surface area contributed by atoms with Crippen molar-refractivity contribution in [1.29, 1.82) is 10.5 Å². The molecule has 0 bridgehead atoms. The summed E-state index contributed by atoms with van der Waals surface area (Å²) in [4.78, 5) is 23.3. The second-order valence-corrected chi connectivity index (χ2v) is 8.32. The fraction of sp³-hybridized carbons (Fsp3) is 0.778. The molecule has 180 valence electrons. The van der Waals surface area contributed by atoms with Crippen molar-refractivity contribution in [1.82, 2.24) is 0 Å². The zero-order chi connectivity index (χ0) is 25.1. The lowest BCUT2D eigenvalue weighted by Gasteiger charge is -2.23. The molecule has 0 saturated heterocycles. The maximum absolute atomic E-state index is 13.1. The van der Waals surface area contributed by atoms with Crippen LogP contribution in [0.2, 0.25) is 0 Å². The molecule has 0 radical (unpaired) electrons. The van der Waals surface area contributed by atoms with E-state index in [1.54, 1.807) is 20.8 Å². The van der Waals surface area contributed by atoms with Gasteiger partial charge >= 0.3 is 27.3 Å². The number of azo groups is 1. The summed E-state index contributed by atoms with van der Waals surface area (Å²) >= 11 is 0. The molecule has 0 amide bonds. The van der Waals surface area contributed by atoms with Crippen LogP contribution in [0.25, 0.3) is 0 Å². The van der Waals surface area contributed by atoms with Crippen molar-refractivity contribution >= 4 is 22.1 Å². The summed E-state index contributed by atoms with van der Waals surface area (Å²) in [6.07, 6.45) is -0.803. The van der Waals surface area contributed by atoms with Gasteiger partial charge in [0.2, 0.25) is 0 Å². The number of esters is 2. The van der Waals surface area contributed by atoms with Gasteiger partial charge in [-0.05, 0) is 32.6 Å². The van der Waals surface area contributed by atoms with Gasteiger partial charge in [-0.1, -0.05) is 13.8 Å². The molecule has 2 atom stereocenters. The van der Waals surface area contributed by atoms with Gasteiger partial charge in [0, 0.05) is 12.8 Å². The quantitative estimate of drug-likeness (QED) is 0.222. The Kier molecular flexibility index (Phi) is 11.3. The molecule has 0 aliphatic heterocycles. The zero-order valence-electron chi connectivity index (χ0n) is 18.0. The van der Waals surface area contributed by atoms with E-state index >= 15 is 0 Å². The summed E-state index contributed by atoms with van der Waals surface area (Å²) in [6.45, 7) is 3.11. The van der Waals surface area contributed by atoms with Crippen LogP contribution in [0.5, 0.6) is 0 Å². The van der Waals surface area contributed by atoms with Gasteiger partial charge in [-0.25, -0.2) is 0 Å². The van der Waals surface area contributed by atoms with Crippen LogP contribution in [-0.4, -0.2) is 54.5 Å². The number of hydrogen-bond donors (Lipinski definition) is 1. The molecule has 0 rings (SSSR count). The summed E-state index contributed by atoms with van der Waals surface area (Å²) in [5.41, 5.74) is -3.01. The number of rotatable bonds is 14. The standard InChI is InChI=1S/C18H26F2N4O7S/c1-4-16(11-21,9-7-14(25)30-6-3)23-24-17(5-2,12-22)10-8-15(26)31-13-18(19,20)32(27,28)29/h4-10,13H2,1-3H3,(H,27,28,29). The third-order valence-electron chi connectivity index (χ3n) is 4.59. The van der Waals surface area contributed by atoms with Gasteiger partial charge < -0.3 is 9.47 Å². The minimum Gasteiger partial charge on any atom is -0.466 e. The van der Waals surface area contributed by atoms with Crippen LogP contribution in [0, 0.1) is 22.7 Å². The van der Waals surface area contributed by atoms with Crippen LogP contribution < -0.4 is 0 Å². The fourth-order valence-electron chi connectivity index (χ4n) is 2.26. The molecule has 0 aromatic rings. The van der Waals surface area contributed by atoms with Gasteiger partial charge in [0.05, 0.1) is 18.7 Å². The third kappa shape index (κ3) is 8.80. The van der Waals surface area contributed by atoms with Crippen molar-refractivity contribution in [2.45, 2.75) is 75.6 Å². The van der Waals surface area contributed by atoms with E-state index in [1.165, 1.54) is 0 Å². The highest BCUT2D eigenvalue weighted by Crippen LogP contribution is 2.29. The number of hydrogen-bond acceptors (Lipinski definition) is 10. The van der Waals surface area contributed by atoms with E-state index in [4.69, 9.17) is 9.29 Å². The van der Waals surface area contributed by atoms with E-state index in [1.807, 2.05) is 12.1 Å². The Balaban J connectivity index is 5.30. The molecular weight excluding hydrogens is 454 g/mol. The molecule has 0 aromatic carbocycles. The first-order chi connectivity index (χ1) is 14.8. The highest BCUT2D eigenvalue weighted by atomic mass is 32.2. The number of carbonyl (C=O) groups excluding carboxylic acids is 2. The average molecular weight is 480 g/mol. The number of halogens is 2. The maximum atomic E-state index is 13.1. The SMILES string of the molecule is CCOC(=O)CCC(C#N)(CC)N=NC(C#N)(CC)CCC(=O)OCC(F)(F)S(=O)(=O)O. The van der Waals surface area contributed by atoms with Gasteiger partial charge in [0.25, 0.3) is 0 Å². The molecule has 2 unspecified atom stereocenters. The molecule has 11 nitrogen and oxygen atoms in total. The van der Waals surface area contributed by atoms with Crippen molar-refractivity contribution in [2.75, 3.05) is 13.2 Å². The van der Waals surface area contributed by atoms with Crippen LogP contribution in [0.1, 0.15) is 59.3 Å². The predicted molar refractivity (Wildman–Crippen MR) is 105 cm³/mol. The molecule has 1 N–H and O–H groups in total. The molecule has 0 aliphatic rings. The Morgan fingerprint density at radius 3 is 1.66 bits per heavy atom. The molecule has 0 aliphatic carbocycles. The smallest absolute Gasteiger partial charge is 0.402 e. The zero-order valence-corrected chi connectivity index (χ0v) is 18.8. The molecule has 14 heteroatoms. The Labute approximate surface area is 185 Å². The fourth-order valence-corrected chi connectivity index (χ4v) is 2.47. The lowest BCUT2D eigenvalue weighted by Crippen LogP contribution is -2.35. The second-order valence-electron chi connectivity index (χ2n) is 6.77. The van der Waals surface area contributed by atoms with Crippen LogP contribution in [0.15, 0.2) is 10.2 Å². The molecule has 32 heavy (non-hydrogen) atoms. The number of nitrogens with zero attached hydrogens (tertiary/aromatic N) is 4. The monoisotopic (exact) mass is 480 g/mol. The third-order valence-corrected chi connectivity index (χ3v) is 5.46. The Hall–Kier alpha value is -2.71. The molecule has 0 fully saturated rings. The first-order valence-corrected chi connectivity index (χ1v) is 11.1. The Morgan fingerprint density at radius 1 is 0.938 bits per heavy atom. The largest absolute Gasteiger partial charge is 0.466 e. The van der Waals surface area contributed by atoms with E-state index in [2.05, 4.69) is 15.0 Å². The summed E-state index contributed by atoms with van der Waals surface area (Å²) in [7, 11) is -5.76. The molecule has 0 spiro atoms. The highest BCUT2D eigenvalue weighted by molar-refractivity contribution is 7.86. The predicted octanol–water partition coefficient (Wildman–Crippen LogP) is 2.93. The van der Waals surface area contributed by atoms with E-state index in [-0.39, 0.29) is 38.7 Å². The average Bonchev–Trinajstić information content (AvgIpc) is 2.74. The number of nitriles is 2. The Morgan fingerprint density at radius 2 is 1.34 bits per heavy atom. The van der Waals surface area contributed by atoms with Crippen molar-refractivity contribution in [3.8, 4) is 12.1 Å². The van der Waals surface area contributed by atoms with Crippen molar-refractivity contribution in [2.24, 2.45) is 10.2 Å². The van der Waals surface area contributed by atoms with Gasteiger partial charge in [-0.3, -0.25) is 14.1 Å². The van der Waals surface area contributed by atoms with Gasteiger partial charge in [-0.2, -0.15) is 38.0 Å². The lowest BCUT2D eigenvalue weighted by atomic mass is 9.92. The first-order valence-electron chi connectivity index (χ1n) is 9.68. The number of carbonyl (C=O) groups is 2. The molecule has 0 saturated carbocycles.